The highest BCUT2D eigenvalue weighted by molar-refractivity contribution is 5.89. The van der Waals surface area contributed by atoms with E-state index in [0.29, 0.717) is 5.56 Å². The van der Waals surface area contributed by atoms with Crippen molar-refractivity contribution in [3.8, 4) is 0 Å². The minimum Gasteiger partial charge on any atom is -0.465 e. The third-order valence-electron chi connectivity index (χ3n) is 7.17. The Morgan fingerprint density at radius 2 is 1.45 bits per heavy atom. The number of aryl methyl sites for hydroxylation is 2. The minimum atomic E-state index is -0.408. The van der Waals surface area contributed by atoms with E-state index in [-0.39, 0.29) is 12.0 Å². The summed E-state index contributed by atoms with van der Waals surface area (Å²) in [7, 11) is 1.37. The molecule has 0 amide bonds. The second-order valence-electron chi connectivity index (χ2n) is 9.62. The Balaban J connectivity index is 1.59. The molecule has 40 heavy (non-hydrogen) atoms. The summed E-state index contributed by atoms with van der Waals surface area (Å²) in [5.41, 5.74) is 6.78. The number of rotatable bonds is 10. The lowest BCUT2D eigenvalue weighted by atomic mass is 9.97. The monoisotopic (exact) mass is 530 g/mol. The molecular formula is C34H30N2O4. The van der Waals surface area contributed by atoms with Gasteiger partial charge in [0.1, 0.15) is 0 Å². The summed E-state index contributed by atoms with van der Waals surface area (Å²) in [4.78, 5) is 22.9. The van der Waals surface area contributed by atoms with Crippen molar-refractivity contribution in [2.75, 3.05) is 7.11 Å². The van der Waals surface area contributed by atoms with Gasteiger partial charge in [0.05, 0.1) is 29.3 Å². The van der Waals surface area contributed by atoms with E-state index in [0.717, 1.165) is 64.3 Å². The summed E-state index contributed by atoms with van der Waals surface area (Å²) in [6.07, 6.45) is 5.05. The lowest BCUT2D eigenvalue weighted by molar-refractivity contribution is -0.401. The zero-order chi connectivity index (χ0) is 27.9. The van der Waals surface area contributed by atoms with Crippen molar-refractivity contribution >= 4 is 22.9 Å². The average molecular weight is 531 g/mol. The molecule has 5 aromatic rings. The number of para-hydroxylation sites is 1. The van der Waals surface area contributed by atoms with Gasteiger partial charge >= 0.3 is 5.97 Å². The van der Waals surface area contributed by atoms with Crippen LogP contribution in [0.15, 0.2) is 115 Å². The van der Waals surface area contributed by atoms with Crippen molar-refractivity contribution in [3.05, 3.63) is 159 Å². The van der Waals surface area contributed by atoms with Gasteiger partial charge in [-0.05, 0) is 59.7 Å². The van der Waals surface area contributed by atoms with Crippen LogP contribution < -0.4 is 0 Å². The van der Waals surface area contributed by atoms with Gasteiger partial charge in [0.15, 0.2) is 0 Å². The Hall–Kier alpha value is -4.97. The van der Waals surface area contributed by atoms with E-state index in [2.05, 4.69) is 41.0 Å². The maximum absolute atomic E-state index is 11.8. The summed E-state index contributed by atoms with van der Waals surface area (Å²) in [5.74, 6) is -0.354. The highest BCUT2D eigenvalue weighted by Crippen LogP contribution is 2.37. The van der Waals surface area contributed by atoms with Gasteiger partial charge < -0.3 is 9.30 Å². The first-order valence-electron chi connectivity index (χ1n) is 13.3. The molecule has 0 bridgehead atoms. The summed E-state index contributed by atoms with van der Waals surface area (Å²) in [6.45, 7) is 0. The molecule has 0 fully saturated rings. The van der Waals surface area contributed by atoms with Crippen LogP contribution in [0.4, 0.5) is 0 Å². The number of methoxy groups -OCH3 is 1. The van der Waals surface area contributed by atoms with Crippen LogP contribution in [0.25, 0.3) is 17.0 Å². The van der Waals surface area contributed by atoms with E-state index >= 15 is 0 Å². The van der Waals surface area contributed by atoms with Crippen molar-refractivity contribution in [1.29, 1.82) is 0 Å². The van der Waals surface area contributed by atoms with Crippen LogP contribution in [0.3, 0.4) is 0 Å². The normalized spacial score (nSPS) is 11.3. The molecule has 0 atom stereocenters. The van der Waals surface area contributed by atoms with Crippen molar-refractivity contribution in [3.63, 3.8) is 0 Å². The predicted octanol–water partition coefficient (Wildman–Crippen LogP) is 7.49. The molecule has 6 nitrogen and oxygen atoms in total. The molecule has 0 unspecified atom stereocenters. The molecule has 6 heteroatoms. The molecule has 1 aromatic heterocycles. The molecule has 0 aliphatic heterocycles. The second-order valence-corrected chi connectivity index (χ2v) is 9.62. The fourth-order valence-electron chi connectivity index (χ4n) is 5.36. The molecule has 1 heterocycles. The molecule has 4 aromatic carbocycles. The molecular weight excluding hydrogens is 500 g/mol. The predicted molar refractivity (Wildman–Crippen MR) is 158 cm³/mol. The number of nitro groups is 1. The summed E-state index contributed by atoms with van der Waals surface area (Å²) in [6, 6.07) is 36.0. The molecule has 0 N–H and O–H groups in total. The smallest absolute Gasteiger partial charge is 0.337 e. The number of hydrogen-bond acceptors (Lipinski definition) is 4. The number of benzene rings is 4. The molecule has 200 valence electrons. The van der Waals surface area contributed by atoms with Gasteiger partial charge in [0, 0.05) is 17.0 Å². The molecule has 0 saturated carbocycles. The van der Waals surface area contributed by atoms with E-state index in [1.807, 2.05) is 60.7 Å². The lowest BCUT2D eigenvalue weighted by Gasteiger charge is -2.23. The number of nitrogens with zero attached hydrogens (tertiary/aromatic N) is 2. The molecule has 0 radical (unpaired) electrons. The summed E-state index contributed by atoms with van der Waals surface area (Å²) in [5, 5.41) is 12.6. The molecule has 0 aliphatic rings. The van der Waals surface area contributed by atoms with E-state index in [1.54, 1.807) is 18.2 Å². The van der Waals surface area contributed by atoms with Gasteiger partial charge in [-0.1, -0.05) is 91.0 Å². The Bertz CT molecular complexity index is 1600. The molecule has 0 saturated heterocycles. The second kappa shape index (κ2) is 12.3. The summed E-state index contributed by atoms with van der Waals surface area (Å²) >= 11 is 0. The van der Waals surface area contributed by atoms with Gasteiger partial charge in [0.25, 0.3) is 0 Å². The zero-order valence-electron chi connectivity index (χ0n) is 22.3. The van der Waals surface area contributed by atoms with Gasteiger partial charge in [0.2, 0.25) is 6.20 Å². The van der Waals surface area contributed by atoms with Gasteiger partial charge in [-0.25, -0.2) is 4.79 Å². The van der Waals surface area contributed by atoms with Crippen molar-refractivity contribution in [2.24, 2.45) is 0 Å². The third-order valence-corrected chi connectivity index (χ3v) is 7.17. The van der Waals surface area contributed by atoms with Crippen LogP contribution in [0, 0.1) is 10.1 Å². The fourth-order valence-corrected chi connectivity index (χ4v) is 5.36. The van der Waals surface area contributed by atoms with Crippen molar-refractivity contribution < 1.29 is 14.5 Å². The van der Waals surface area contributed by atoms with E-state index in [1.165, 1.54) is 7.11 Å². The van der Waals surface area contributed by atoms with Crippen LogP contribution in [0.1, 0.15) is 50.8 Å². The van der Waals surface area contributed by atoms with Crippen LogP contribution in [-0.2, 0) is 17.6 Å². The number of carbonyl (C=O) groups excluding carboxylic acids is 1. The topological polar surface area (TPSA) is 74.4 Å². The summed E-state index contributed by atoms with van der Waals surface area (Å²) < 4.78 is 7.04. The maximum atomic E-state index is 11.8. The highest BCUT2D eigenvalue weighted by Gasteiger charge is 2.24. The van der Waals surface area contributed by atoms with Gasteiger partial charge in [-0.15, -0.1) is 0 Å². The number of carbonyl (C=O) groups is 1. The van der Waals surface area contributed by atoms with Crippen LogP contribution in [-0.4, -0.2) is 22.6 Å². The first-order valence-corrected chi connectivity index (χ1v) is 13.3. The first-order chi connectivity index (χ1) is 19.6. The van der Waals surface area contributed by atoms with E-state index in [9.17, 15) is 14.9 Å². The number of fused-ring (bicyclic) bond motifs is 1. The number of esters is 1. The Morgan fingerprint density at radius 3 is 2.05 bits per heavy atom. The van der Waals surface area contributed by atoms with Crippen LogP contribution >= 0.6 is 0 Å². The quantitative estimate of drug-likeness (QED) is 0.107. The number of ether oxygens (including phenoxy) is 1. The maximum Gasteiger partial charge on any atom is 0.337 e. The minimum absolute atomic E-state index is 0.168. The number of aromatic nitrogens is 1. The molecule has 5 rings (SSSR count). The SMILES string of the molecule is COC(=O)c1ccc(CCCc2c(/C=C/[N+](=O)[O-])n(C(c3ccccc3)c3ccccc3)c3ccccc23)cc1. The molecule has 0 spiro atoms. The first kappa shape index (κ1) is 26.6. The average Bonchev–Trinajstić information content (AvgIpc) is 3.30. The Labute approximate surface area is 233 Å². The molecule has 0 aliphatic carbocycles. The standard InChI is InChI=1S/C34H30N2O4/c1-40-34(37)28-21-19-25(20-22-28)11-10-17-30-29-16-8-9-18-31(29)36(32(30)23-24-35(38)39)33(26-12-4-2-5-13-26)27-14-6-3-7-15-27/h2-9,12-16,18-24,33H,10-11,17H2,1H3/b24-23+. The van der Waals surface area contributed by atoms with Gasteiger partial charge in [-0.2, -0.15) is 0 Å². The zero-order valence-corrected chi connectivity index (χ0v) is 22.3. The fraction of sp³-hybridized carbons (Fsp3) is 0.147. The van der Waals surface area contributed by atoms with Crippen molar-refractivity contribution in [1.82, 2.24) is 4.57 Å². The lowest BCUT2D eigenvalue weighted by Crippen LogP contribution is -2.14. The Kier molecular flexibility index (Phi) is 8.16. The Morgan fingerprint density at radius 1 is 0.850 bits per heavy atom. The van der Waals surface area contributed by atoms with Gasteiger partial charge in [-0.3, -0.25) is 10.1 Å². The van der Waals surface area contributed by atoms with Crippen molar-refractivity contribution in [2.45, 2.75) is 25.3 Å². The van der Waals surface area contributed by atoms with Crippen LogP contribution in [0.5, 0.6) is 0 Å². The van der Waals surface area contributed by atoms with Crippen LogP contribution in [0.2, 0.25) is 0 Å². The highest BCUT2D eigenvalue weighted by atomic mass is 16.6. The van der Waals surface area contributed by atoms with E-state index < -0.39 is 4.92 Å². The largest absolute Gasteiger partial charge is 0.465 e. The van der Waals surface area contributed by atoms with E-state index in [4.69, 9.17) is 4.74 Å². The third kappa shape index (κ3) is 5.71. The number of hydrogen-bond donors (Lipinski definition) is 0.